The van der Waals surface area contributed by atoms with E-state index in [0.29, 0.717) is 22.4 Å². The van der Waals surface area contributed by atoms with Gasteiger partial charge in [0.1, 0.15) is 0 Å². The summed E-state index contributed by atoms with van der Waals surface area (Å²) < 4.78 is 5.94. The van der Waals surface area contributed by atoms with Crippen molar-refractivity contribution in [2.45, 2.75) is 6.92 Å². The second-order valence-electron chi connectivity index (χ2n) is 4.94. The summed E-state index contributed by atoms with van der Waals surface area (Å²) in [5, 5.41) is 15.8. The van der Waals surface area contributed by atoms with Crippen LogP contribution >= 0.6 is 34.0 Å². The molecule has 0 saturated heterocycles. The highest BCUT2D eigenvalue weighted by molar-refractivity contribution is 7.24. The minimum absolute atomic E-state index is 0.322. The zero-order valence-electron chi connectivity index (χ0n) is 13.1. The van der Waals surface area contributed by atoms with Crippen molar-refractivity contribution in [2.75, 3.05) is 11.9 Å². The minimum Gasteiger partial charge on any atom is -0.462 e. The first-order chi connectivity index (χ1) is 12.2. The number of benzene rings is 1. The van der Waals surface area contributed by atoms with Crippen LogP contribution in [0.5, 0.6) is 0 Å². The first-order valence-electron chi connectivity index (χ1n) is 7.45. The second kappa shape index (κ2) is 6.87. The van der Waals surface area contributed by atoms with Gasteiger partial charge in [0.15, 0.2) is 10.1 Å². The molecule has 6 nitrogen and oxygen atoms in total. The van der Waals surface area contributed by atoms with Crippen molar-refractivity contribution in [3.63, 3.8) is 0 Å². The first-order valence-corrected chi connectivity index (χ1v) is 9.96. The fourth-order valence-electron chi connectivity index (χ4n) is 2.18. The van der Waals surface area contributed by atoms with E-state index in [1.54, 1.807) is 30.4 Å². The zero-order valence-corrected chi connectivity index (χ0v) is 15.5. The van der Waals surface area contributed by atoms with Crippen LogP contribution in [0, 0.1) is 0 Å². The number of ether oxygens (including phenoxy) is 1. The van der Waals surface area contributed by atoms with Crippen LogP contribution in [-0.4, -0.2) is 27.8 Å². The third kappa shape index (κ3) is 3.39. The van der Waals surface area contributed by atoms with Gasteiger partial charge >= 0.3 is 5.97 Å². The molecule has 4 rings (SSSR count). The number of carbonyl (C=O) groups excluding carboxylic acids is 1. The molecule has 0 aliphatic carbocycles. The normalized spacial score (nSPS) is 10.9. The lowest BCUT2D eigenvalue weighted by Crippen LogP contribution is -2.03. The molecule has 0 bridgehead atoms. The lowest BCUT2D eigenvalue weighted by Gasteiger charge is -2.00. The Morgan fingerprint density at radius 3 is 2.92 bits per heavy atom. The van der Waals surface area contributed by atoms with Crippen LogP contribution in [0.4, 0.5) is 10.3 Å². The predicted octanol–water partition coefficient (Wildman–Crippen LogP) is 4.80. The molecular formula is C16H12N4O2S3. The van der Waals surface area contributed by atoms with Crippen molar-refractivity contribution in [1.29, 1.82) is 0 Å². The molecule has 0 unspecified atom stereocenters. The third-order valence-corrected chi connectivity index (χ3v) is 6.08. The largest absolute Gasteiger partial charge is 0.462 e. The molecule has 0 aliphatic rings. The summed E-state index contributed by atoms with van der Waals surface area (Å²) in [6.45, 7) is 2.15. The van der Waals surface area contributed by atoms with Crippen molar-refractivity contribution in [3.05, 3.63) is 41.3 Å². The summed E-state index contributed by atoms with van der Waals surface area (Å²) in [4.78, 5) is 17.4. The van der Waals surface area contributed by atoms with Gasteiger partial charge in [-0.2, -0.15) is 0 Å². The molecule has 0 radical (unpaired) electrons. The van der Waals surface area contributed by atoms with Gasteiger partial charge in [0.25, 0.3) is 0 Å². The Morgan fingerprint density at radius 1 is 1.20 bits per heavy atom. The maximum Gasteiger partial charge on any atom is 0.338 e. The number of hydrogen-bond donors (Lipinski definition) is 1. The summed E-state index contributed by atoms with van der Waals surface area (Å²) >= 11 is 4.57. The van der Waals surface area contributed by atoms with Crippen LogP contribution in [0.1, 0.15) is 17.3 Å². The highest BCUT2D eigenvalue weighted by atomic mass is 32.1. The first kappa shape index (κ1) is 16.1. The molecular weight excluding hydrogens is 376 g/mol. The molecule has 0 atom stereocenters. The average Bonchev–Trinajstić information content (AvgIpc) is 3.34. The van der Waals surface area contributed by atoms with Gasteiger partial charge in [-0.05, 0) is 36.6 Å². The summed E-state index contributed by atoms with van der Waals surface area (Å²) in [5.74, 6) is -0.322. The molecule has 1 aromatic carbocycles. The van der Waals surface area contributed by atoms with Gasteiger partial charge in [-0.15, -0.1) is 21.5 Å². The van der Waals surface area contributed by atoms with Gasteiger partial charge < -0.3 is 10.1 Å². The average molecular weight is 388 g/mol. The summed E-state index contributed by atoms with van der Waals surface area (Å²) in [6.07, 6.45) is 0. The number of aromatic nitrogens is 3. The minimum atomic E-state index is -0.322. The molecule has 9 heteroatoms. The van der Waals surface area contributed by atoms with Gasteiger partial charge in [-0.25, -0.2) is 9.78 Å². The topological polar surface area (TPSA) is 77.0 Å². The Kier molecular flexibility index (Phi) is 4.43. The molecule has 1 N–H and O–H groups in total. The SMILES string of the molecule is CCOC(=O)c1ccc2nc(Nc3nnc(-c4cccs4)s3)sc2c1. The monoisotopic (exact) mass is 388 g/mol. The summed E-state index contributed by atoms with van der Waals surface area (Å²) in [5.41, 5.74) is 1.35. The number of fused-ring (bicyclic) bond motifs is 1. The van der Waals surface area contributed by atoms with Crippen molar-refractivity contribution in [1.82, 2.24) is 15.2 Å². The van der Waals surface area contributed by atoms with Crippen LogP contribution in [0.15, 0.2) is 35.7 Å². The number of thiazole rings is 1. The highest BCUT2D eigenvalue weighted by Gasteiger charge is 2.12. The van der Waals surface area contributed by atoms with E-state index in [2.05, 4.69) is 20.5 Å². The molecule has 0 spiro atoms. The number of carbonyl (C=O) groups is 1. The third-order valence-electron chi connectivity index (χ3n) is 3.27. The number of hydrogen-bond acceptors (Lipinski definition) is 9. The Balaban J connectivity index is 1.56. The molecule has 3 aromatic heterocycles. The quantitative estimate of drug-likeness (QED) is 0.495. The Hall–Kier alpha value is -2.36. The number of nitrogens with one attached hydrogen (secondary N) is 1. The van der Waals surface area contributed by atoms with E-state index < -0.39 is 0 Å². The van der Waals surface area contributed by atoms with Gasteiger partial charge in [-0.1, -0.05) is 28.7 Å². The number of esters is 1. The zero-order chi connectivity index (χ0) is 17.2. The molecule has 126 valence electrons. The molecule has 25 heavy (non-hydrogen) atoms. The maximum atomic E-state index is 11.8. The lowest BCUT2D eigenvalue weighted by atomic mass is 10.2. The summed E-state index contributed by atoms with van der Waals surface area (Å²) in [7, 11) is 0. The number of thiophene rings is 1. The van der Waals surface area contributed by atoms with Crippen LogP contribution in [-0.2, 0) is 4.74 Å². The molecule has 4 aromatic rings. The fourth-order valence-corrected chi connectivity index (χ4v) is 4.69. The van der Waals surface area contributed by atoms with E-state index in [4.69, 9.17) is 4.74 Å². The van der Waals surface area contributed by atoms with E-state index in [-0.39, 0.29) is 5.97 Å². The molecule has 3 heterocycles. The van der Waals surface area contributed by atoms with Crippen LogP contribution in [0.2, 0.25) is 0 Å². The van der Waals surface area contributed by atoms with Gasteiger partial charge in [0, 0.05) is 0 Å². The lowest BCUT2D eigenvalue weighted by molar-refractivity contribution is 0.0526. The van der Waals surface area contributed by atoms with Crippen molar-refractivity contribution < 1.29 is 9.53 Å². The molecule has 0 aliphatic heterocycles. The smallest absolute Gasteiger partial charge is 0.338 e. The number of anilines is 2. The van der Waals surface area contributed by atoms with Crippen LogP contribution in [0.3, 0.4) is 0 Å². The van der Waals surface area contributed by atoms with E-state index in [1.807, 2.05) is 23.6 Å². The van der Waals surface area contributed by atoms with Gasteiger partial charge in [0.05, 0.1) is 27.3 Å². The van der Waals surface area contributed by atoms with Crippen molar-refractivity contribution >= 4 is 60.5 Å². The van der Waals surface area contributed by atoms with E-state index in [9.17, 15) is 4.79 Å². The van der Waals surface area contributed by atoms with Gasteiger partial charge in [-0.3, -0.25) is 0 Å². The van der Waals surface area contributed by atoms with Crippen LogP contribution in [0.25, 0.3) is 20.1 Å². The Labute approximate surface area is 155 Å². The number of rotatable bonds is 5. The predicted molar refractivity (Wildman–Crippen MR) is 102 cm³/mol. The maximum absolute atomic E-state index is 11.8. The van der Waals surface area contributed by atoms with E-state index in [1.165, 1.54) is 22.7 Å². The fraction of sp³-hybridized carbons (Fsp3) is 0.125. The number of nitrogens with zero attached hydrogens (tertiary/aromatic N) is 3. The standard InChI is InChI=1S/C16H12N4O2S3/c1-2-22-14(21)9-5-6-10-12(8-9)24-15(17-10)18-16-20-19-13(25-16)11-4-3-7-23-11/h3-8H,2H2,1H3,(H,17,18,20). The van der Waals surface area contributed by atoms with Crippen molar-refractivity contribution in [2.24, 2.45) is 0 Å². The van der Waals surface area contributed by atoms with E-state index >= 15 is 0 Å². The summed E-state index contributed by atoms with van der Waals surface area (Å²) in [6, 6.07) is 9.35. The second-order valence-corrected chi connectivity index (χ2v) is 7.89. The molecule has 0 fully saturated rings. The Bertz CT molecular complexity index is 1020. The molecule has 0 saturated carbocycles. The highest BCUT2D eigenvalue weighted by Crippen LogP contribution is 2.33. The Morgan fingerprint density at radius 2 is 2.12 bits per heavy atom. The van der Waals surface area contributed by atoms with Gasteiger partial charge in [0.2, 0.25) is 5.13 Å². The molecule has 0 amide bonds. The van der Waals surface area contributed by atoms with E-state index in [0.717, 1.165) is 20.1 Å². The van der Waals surface area contributed by atoms with Crippen LogP contribution < -0.4 is 5.32 Å². The van der Waals surface area contributed by atoms with Crippen molar-refractivity contribution in [3.8, 4) is 9.88 Å².